The number of hydrogen-bond donors (Lipinski definition) is 10. The number of carbonyl (C=O) groups is 10. The number of amides is 7. The summed E-state index contributed by atoms with van der Waals surface area (Å²) in [6.45, 7) is 3.11. The number of carboxylic acid groups (broad SMARTS) is 2. The fourth-order valence-corrected chi connectivity index (χ4v) is 7.61. The average Bonchev–Trinajstić information content (AvgIpc) is 3.88. The lowest BCUT2D eigenvalue weighted by Crippen LogP contribution is -2.45. The molecule has 1 aromatic heterocycles. The quantitative estimate of drug-likeness (QED) is 0.0313. The van der Waals surface area contributed by atoms with Gasteiger partial charge in [-0.3, -0.25) is 43.1 Å². The van der Waals surface area contributed by atoms with Crippen LogP contribution < -0.4 is 36.6 Å². The molecule has 0 aliphatic carbocycles. The van der Waals surface area contributed by atoms with Crippen LogP contribution in [0.15, 0.2) is 24.3 Å². The van der Waals surface area contributed by atoms with Crippen molar-refractivity contribution >= 4 is 69.1 Å². The first-order chi connectivity index (χ1) is 36.2. The number of nitrogens with one attached hydrogen (secondary N) is 8. The third-order valence-electron chi connectivity index (χ3n) is 10.6. The van der Waals surface area contributed by atoms with E-state index in [0.717, 1.165) is 5.56 Å². The van der Waals surface area contributed by atoms with Crippen LogP contribution in [-0.4, -0.2) is 195 Å². The summed E-state index contributed by atoms with van der Waals surface area (Å²) in [6.07, 6.45) is 0.580. The number of aromatic nitrogens is 4. The average molecular weight is 1100 g/mol. The minimum atomic E-state index is -3.93. The summed E-state index contributed by atoms with van der Waals surface area (Å²) < 4.78 is 47.4. The Hall–Kier alpha value is -7.02. The lowest BCUT2D eigenvalue weighted by molar-refractivity contribution is -0.144. The second-order valence-corrected chi connectivity index (χ2v) is 18.9. The third kappa shape index (κ3) is 31.7. The molecule has 76 heavy (non-hydrogen) atoms. The van der Waals surface area contributed by atoms with E-state index in [4.69, 9.17) is 18.9 Å². The van der Waals surface area contributed by atoms with Crippen molar-refractivity contribution in [1.82, 2.24) is 57.2 Å². The van der Waals surface area contributed by atoms with Gasteiger partial charge in [-0.05, 0) is 81.4 Å². The molecule has 3 unspecified atom stereocenters. The van der Waals surface area contributed by atoms with Gasteiger partial charge in [0.1, 0.15) is 31.1 Å². The molecule has 0 saturated heterocycles. The Labute approximate surface area is 439 Å². The van der Waals surface area contributed by atoms with E-state index in [0.29, 0.717) is 50.0 Å². The van der Waals surface area contributed by atoms with E-state index in [1.54, 1.807) is 12.1 Å². The number of aliphatic carboxylic acids is 2. The Morgan fingerprint density at radius 1 is 0.579 bits per heavy atom. The molecule has 3 atom stereocenters. The molecule has 2 aromatic rings. The zero-order valence-electron chi connectivity index (χ0n) is 42.7. The number of aryl methyl sites for hydroxylation is 2. The lowest BCUT2D eigenvalue weighted by atomic mass is 10.1. The molecule has 7 amide bonds. The number of ketones is 1. The van der Waals surface area contributed by atoms with Gasteiger partial charge in [0.25, 0.3) is 5.91 Å². The van der Waals surface area contributed by atoms with Crippen molar-refractivity contribution in [1.29, 1.82) is 0 Å². The van der Waals surface area contributed by atoms with Crippen LogP contribution in [0.2, 0.25) is 0 Å². The van der Waals surface area contributed by atoms with Crippen molar-refractivity contribution in [3.63, 3.8) is 0 Å². The molecule has 1 aromatic carbocycles. The Balaban J connectivity index is 1.49. The summed E-state index contributed by atoms with van der Waals surface area (Å²) in [5.41, 5.74) is 1.60. The van der Waals surface area contributed by atoms with Gasteiger partial charge in [-0.2, -0.15) is 0 Å². The van der Waals surface area contributed by atoms with Crippen LogP contribution in [0, 0.1) is 6.92 Å². The van der Waals surface area contributed by atoms with Crippen molar-refractivity contribution in [3.8, 4) is 0 Å². The SMILES string of the molecule is CC(=O)C(CCCCNC(=O)c1ccc(C)cc1)NC(=O)COCCOCCNC(=O)CCC(NC(=O)CCC(NC(=O)COCCOCCNC(=O)CCCS(=O)(=O)NC(=O)CCCc1nnn[nH]1)C(=O)O)C(=O)O. The molecule has 2 rings (SSSR count). The number of carbonyl (C=O) groups excluding carboxylic acids is 8. The van der Waals surface area contributed by atoms with Gasteiger partial charge in [-0.15, -0.1) is 5.10 Å². The minimum absolute atomic E-state index is 0.00353. The van der Waals surface area contributed by atoms with Crippen LogP contribution in [0.25, 0.3) is 0 Å². The minimum Gasteiger partial charge on any atom is -0.480 e. The molecule has 1 heterocycles. The summed E-state index contributed by atoms with van der Waals surface area (Å²) in [5, 5.41) is 47.1. The summed E-state index contributed by atoms with van der Waals surface area (Å²) in [5.74, 6) is -7.09. The summed E-state index contributed by atoms with van der Waals surface area (Å²) in [7, 11) is -3.93. The Morgan fingerprint density at radius 2 is 1.11 bits per heavy atom. The van der Waals surface area contributed by atoms with Gasteiger partial charge in [0.15, 0.2) is 5.78 Å². The van der Waals surface area contributed by atoms with Crippen molar-refractivity contribution in [2.75, 3.05) is 78.2 Å². The maximum absolute atomic E-state index is 12.5. The molecule has 424 valence electrons. The van der Waals surface area contributed by atoms with Gasteiger partial charge in [-0.25, -0.2) is 23.1 Å². The van der Waals surface area contributed by atoms with Crippen LogP contribution in [-0.2, 0) is 78.5 Å². The molecular weight excluding hydrogens is 1030 g/mol. The number of Topliss-reactive ketones (excluding diaryl/α,β-unsaturated/α-hetero) is 1. The molecule has 0 saturated carbocycles. The number of nitrogens with zero attached hydrogens (tertiary/aromatic N) is 3. The number of H-pyrrole nitrogens is 1. The molecule has 0 spiro atoms. The molecule has 30 heteroatoms. The van der Waals surface area contributed by atoms with Crippen molar-refractivity contribution < 1.29 is 85.5 Å². The van der Waals surface area contributed by atoms with Crippen LogP contribution in [0.3, 0.4) is 0 Å². The molecule has 0 fully saturated rings. The Morgan fingerprint density at radius 3 is 1.66 bits per heavy atom. The smallest absolute Gasteiger partial charge is 0.326 e. The fraction of sp³-hybridized carbons (Fsp3) is 0.630. The maximum atomic E-state index is 12.5. The number of unbranched alkanes of at least 4 members (excludes halogenated alkanes) is 1. The molecule has 0 radical (unpaired) electrons. The van der Waals surface area contributed by atoms with E-state index in [-0.39, 0.29) is 103 Å². The molecule has 29 nitrogen and oxygen atoms in total. The molecule has 0 aliphatic heterocycles. The van der Waals surface area contributed by atoms with Gasteiger partial charge in [0.05, 0.1) is 51.4 Å². The fourth-order valence-electron chi connectivity index (χ4n) is 6.53. The Bertz CT molecular complexity index is 2270. The highest BCUT2D eigenvalue weighted by Crippen LogP contribution is 2.07. The monoisotopic (exact) mass is 1100 g/mol. The van der Waals surface area contributed by atoms with E-state index in [9.17, 15) is 66.6 Å². The lowest BCUT2D eigenvalue weighted by Gasteiger charge is -2.17. The number of sulfonamides is 1. The van der Waals surface area contributed by atoms with Crippen LogP contribution in [0.4, 0.5) is 0 Å². The largest absolute Gasteiger partial charge is 0.480 e. The summed E-state index contributed by atoms with van der Waals surface area (Å²) >= 11 is 0. The normalized spacial score (nSPS) is 12.3. The third-order valence-corrected chi connectivity index (χ3v) is 11.9. The van der Waals surface area contributed by atoms with E-state index < -0.39 is 101 Å². The molecule has 10 N–H and O–H groups in total. The number of rotatable bonds is 43. The standard InChI is InChI=1S/C46H71N11O18S/c1-31-11-13-33(14-12-31)44(65)49-19-4-3-7-34(32(2)58)50-42(63)29-74-26-24-73-23-21-48-39(60)17-15-35(45(66)67)51-40(61)18-16-36(46(68)69)52-43(64)30-75-27-25-72-22-20-47-38(59)10-6-28-76(70,71)55-41(62)9-5-8-37-53-56-57-54-37/h11-14,34-36H,3-10,15-30H2,1-2H3,(H,47,59)(H,48,60)(H,49,65)(H,50,63)(H,51,61)(H,52,64)(H,55,62)(H,66,67)(H,68,69)(H,53,54,56,57). The van der Waals surface area contributed by atoms with Crippen molar-refractivity contribution in [3.05, 3.63) is 41.2 Å². The van der Waals surface area contributed by atoms with Gasteiger partial charge in [0.2, 0.25) is 45.5 Å². The van der Waals surface area contributed by atoms with E-state index >= 15 is 0 Å². The van der Waals surface area contributed by atoms with Crippen LogP contribution in [0.5, 0.6) is 0 Å². The first kappa shape index (κ1) is 65.1. The van der Waals surface area contributed by atoms with Gasteiger partial charge >= 0.3 is 11.9 Å². The van der Waals surface area contributed by atoms with E-state index in [2.05, 4.69) is 52.5 Å². The van der Waals surface area contributed by atoms with Gasteiger partial charge < -0.3 is 61.1 Å². The van der Waals surface area contributed by atoms with E-state index in [1.807, 2.05) is 23.8 Å². The predicted octanol–water partition coefficient (Wildman–Crippen LogP) is -2.27. The molecule has 0 aliphatic rings. The summed E-state index contributed by atoms with van der Waals surface area (Å²) in [4.78, 5) is 121. The predicted molar refractivity (Wildman–Crippen MR) is 265 cm³/mol. The highest BCUT2D eigenvalue weighted by atomic mass is 32.2. The van der Waals surface area contributed by atoms with E-state index in [1.165, 1.54) is 6.92 Å². The van der Waals surface area contributed by atoms with Crippen LogP contribution in [0.1, 0.15) is 99.3 Å². The number of carboxylic acids is 2. The van der Waals surface area contributed by atoms with Crippen LogP contribution >= 0.6 is 0 Å². The van der Waals surface area contributed by atoms with Gasteiger partial charge in [0, 0.05) is 57.3 Å². The zero-order valence-corrected chi connectivity index (χ0v) is 43.5. The van der Waals surface area contributed by atoms with Crippen molar-refractivity contribution in [2.45, 2.75) is 109 Å². The first-order valence-corrected chi connectivity index (χ1v) is 26.2. The second-order valence-electron chi connectivity index (χ2n) is 17.0. The number of aromatic amines is 1. The van der Waals surface area contributed by atoms with Crippen molar-refractivity contribution in [2.24, 2.45) is 0 Å². The highest BCUT2D eigenvalue weighted by molar-refractivity contribution is 7.90. The number of ether oxygens (including phenoxy) is 4. The first-order valence-electron chi connectivity index (χ1n) is 24.5. The molecular formula is C46H71N11O18S. The molecule has 0 bridgehead atoms. The second kappa shape index (κ2) is 37.7. The summed E-state index contributed by atoms with van der Waals surface area (Å²) in [6, 6.07) is 3.48. The maximum Gasteiger partial charge on any atom is 0.326 e. The number of hydrogen-bond acceptors (Lipinski definition) is 19. The van der Waals surface area contributed by atoms with Gasteiger partial charge in [-0.1, -0.05) is 17.7 Å². The number of tetrazole rings is 1. The number of benzene rings is 1. The zero-order chi connectivity index (χ0) is 56.1. The topological polar surface area (TPSA) is 421 Å². The highest BCUT2D eigenvalue weighted by Gasteiger charge is 2.25. The Kier molecular flexibility index (Phi) is 32.3.